The Hall–Kier alpha value is -3.02. The molecule has 0 bridgehead atoms. The summed E-state index contributed by atoms with van der Waals surface area (Å²) in [4.78, 5) is 26.4. The van der Waals surface area contributed by atoms with Crippen molar-refractivity contribution >= 4 is 23.3 Å². The van der Waals surface area contributed by atoms with Gasteiger partial charge in [0.05, 0.1) is 12.6 Å². The van der Waals surface area contributed by atoms with Crippen molar-refractivity contribution in [3.63, 3.8) is 0 Å². The third-order valence-corrected chi connectivity index (χ3v) is 4.57. The highest BCUT2D eigenvalue weighted by molar-refractivity contribution is 5.97. The highest BCUT2D eigenvalue weighted by atomic mass is 16.5. The van der Waals surface area contributed by atoms with Crippen LogP contribution in [0.1, 0.15) is 25.8 Å². The second kappa shape index (κ2) is 8.58. The van der Waals surface area contributed by atoms with Crippen molar-refractivity contribution in [1.29, 1.82) is 0 Å². The van der Waals surface area contributed by atoms with E-state index in [2.05, 4.69) is 10.6 Å². The number of amides is 3. The monoisotopic (exact) mass is 367 g/mol. The molecule has 0 aromatic heterocycles. The van der Waals surface area contributed by atoms with Crippen LogP contribution in [-0.4, -0.2) is 31.1 Å². The van der Waals surface area contributed by atoms with Gasteiger partial charge in [0.15, 0.2) is 0 Å². The average Bonchev–Trinajstić information content (AvgIpc) is 3.03. The number of hydrogen-bond acceptors (Lipinski definition) is 3. The second-order valence-corrected chi connectivity index (χ2v) is 6.44. The van der Waals surface area contributed by atoms with Crippen LogP contribution < -0.4 is 20.3 Å². The number of para-hydroxylation sites is 1. The van der Waals surface area contributed by atoms with Gasteiger partial charge in [-0.25, -0.2) is 4.79 Å². The number of nitrogens with zero attached hydrogens (tertiary/aromatic N) is 1. The Labute approximate surface area is 159 Å². The summed E-state index contributed by atoms with van der Waals surface area (Å²) in [6.07, 6.45) is 1.12. The molecule has 1 heterocycles. The Kier molecular flexibility index (Phi) is 5.96. The zero-order valence-electron chi connectivity index (χ0n) is 15.7. The van der Waals surface area contributed by atoms with E-state index < -0.39 is 0 Å². The van der Waals surface area contributed by atoms with Crippen LogP contribution in [0.15, 0.2) is 48.5 Å². The fourth-order valence-electron chi connectivity index (χ4n) is 3.24. The predicted molar refractivity (Wildman–Crippen MR) is 106 cm³/mol. The summed E-state index contributed by atoms with van der Waals surface area (Å²) in [5.74, 6) is 0.773. The summed E-state index contributed by atoms with van der Waals surface area (Å²) < 4.78 is 5.43. The van der Waals surface area contributed by atoms with E-state index in [-0.39, 0.29) is 24.4 Å². The Morgan fingerprint density at radius 2 is 1.89 bits per heavy atom. The smallest absolute Gasteiger partial charge is 0.319 e. The van der Waals surface area contributed by atoms with E-state index >= 15 is 0 Å². The molecule has 6 nitrogen and oxygen atoms in total. The molecule has 0 spiro atoms. The van der Waals surface area contributed by atoms with Crippen LogP contribution in [0.3, 0.4) is 0 Å². The SMILES string of the molecule is CCOc1ccc(N2C[C@@H](NC(=O)Nc3ccccc3CC)CC2=O)cc1. The largest absolute Gasteiger partial charge is 0.494 e. The number of carbonyl (C=O) groups excluding carboxylic acids is 2. The Balaban J connectivity index is 1.59. The molecule has 142 valence electrons. The first-order valence-electron chi connectivity index (χ1n) is 9.29. The van der Waals surface area contributed by atoms with Crippen LogP contribution in [0.5, 0.6) is 5.75 Å². The standard InChI is InChI=1S/C21H25N3O3/c1-3-15-7-5-6-8-19(15)23-21(26)22-16-13-20(25)24(14-16)17-9-11-18(12-10-17)27-4-2/h5-12,16H,3-4,13-14H2,1-2H3,(H2,22,23,26)/t16-/m0/s1. The minimum Gasteiger partial charge on any atom is -0.494 e. The second-order valence-electron chi connectivity index (χ2n) is 6.44. The van der Waals surface area contributed by atoms with Crippen LogP contribution in [-0.2, 0) is 11.2 Å². The van der Waals surface area contributed by atoms with Gasteiger partial charge >= 0.3 is 6.03 Å². The minimum absolute atomic E-state index is 0.00146. The topological polar surface area (TPSA) is 70.7 Å². The van der Waals surface area contributed by atoms with Crippen LogP contribution in [0.25, 0.3) is 0 Å². The van der Waals surface area contributed by atoms with E-state index in [1.165, 1.54) is 0 Å². The summed E-state index contributed by atoms with van der Waals surface area (Å²) in [5, 5.41) is 5.79. The number of anilines is 2. The third-order valence-electron chi connectivity index (χ3n) is 4.57. The fourth-order valence-corrected chi connectivity index (χ4v) is 3.24. The van der Waals surface area contributed by atoms with Gasteiger partial charge in [0, 0.05) is 24.3 Å². The van der Waals surface area contributed by atoms with Crippen LogP contribution in [0.2, 0.25) is 0 Å². The Morgan fingerprint density at radius 3 is 2.59 bits per heavy atom. The number of urea groups is 1. The predicted octanol–water partition coefficient (Wildman–Crippen LogP) is 3.57. The molecule has 2 aromatic carbocycles. The van der Waals surface area contributed by atoms with E-state index in [0.29, 0.717) is 13.2 Å². The van der Waals surface area contributed by atoms with Gasteiger partial charge in [0.2, 0.25) is 5.91 Å². The number of nitrogens with one attached hydrogen (secondary N) is 2. The molecule has 1 aliphatic rings. The number of carbonyl (C=O) groups is 2. The van der Waals surface area contributed by atoms with Crippen molar-refractivity contribution in [3.05, 3.63) is 54.1 Å². The molecule has 6 heteroatoms. The van der Waals surface area contributed by atoms with Gasteiger partial charge in [-0.2, -0.15) is 0 Å². The van der Waals surface area contributed by atoms with E-state index in [1.54, 1.807) is 4.90 Å². The first-order valence-corrected chi connectivity index (χ1v) is 9.29. The summed E-state index contributed by atoms with van der Waals surface area (Å²) >= 11 is 0. The van der Waals surface area contributed by atoms with Crippen molar-refractivity contribution in [2.24, 2.45) is 0 Å². The van der Waals surface area contributed by atoms with Gasteiger partial charge in [-0.05, 0) is 49.2 Å². The first-order chi connectivity index (χ1) is 13.1. The number of aryl methyl sites for hydroxylation is 1. The minimum atomic E-state index is -0.290. The van der Waals surface area contributed by atoms with Crippen molar-refractivity contribution in [1.82, 2.24) is 5.32 Å². The lowest BCUT2D eigenvalue weighted by Gasteiger charge is -2.18. The van der Waals surface area contributed by atoms with Crippen LogP contribution in [0.4, 0.5) is 16.2 Å². The molecule has 1 aliphatic heterocycles. The maximum absolute atomic E-state index is 12.4. The van der Waals surface area contributed by atoms with Crippen LogP contribution in [0, 0.1) is 0 Å². The van der Waals surface area contributed by atoms with E-state index in [9.17, 15) is 9.59 Å². The maximum Gasteiger partial charge on any atom is 0.319 e. The van der Waals surface area contributed by atoms with Gasteiger partial charge in [-0.3, -0.25) is 4.79 Å². The molecule has 27 heavy (non-hydrogen) atoms. The highest BCUT2D eigenvalue weighted by Crippen LogP contribution is 2.24. The highest BCUT2D eigenvalue weighted by Gasteiger charge is 2.31. The van der Waals surface area contributed by atoms with E-state index in [1.807, 2.05) is 62.4 Å². The molecule has 0 unspecified atom stereocenters. The van der Waals surface area contributed by atoms with E-state index in [4.69, 9.17) is 4.74 Å². The molecule has 3 amide bonds. The third kappa shape index (κ3) is 4.58. The summed E-state index contributed by atoms with van der Waals surface area (Å²) in [7, 11) is 0. The first kappa shape index (κ1) is 18.8. The quantitative estimate of drug-likeness (QED) is 0.820. The van der Waals surface area contributed by atoms with Gasteiger partial charge in [0.25, 0.3) is 0 Å². The molecule has 1 fully saturated rings. The Morgan fingerprint density at radius 1 is 1.15 bits per heavy atom. The summed E-state index contributed by atoms with van der Waals surface area (Å²) in [5.41, 5.74) is 2.68. The molecule has 0 aliphatic carbocycles. The zero-order valence-corrected chi connectivity index (χ0v) is 15.7. The lowest BCUT2D eigenvalue weighted by atomic mass is 10.1. The molecule has 0 radical (unpaired) electrons. The molecular weight excluding hydrogens is 342 g/mol. The Bertz CT molecular complexity index is 805. The van der Waals surface area contributed by atoms with Crippen LogP contribution >= 0.6 is 0 Å². The molecule has 3 rings (SSSR count). The van der Waals surface area contributed by atoms with Gasteiger partial charge in [0.1, 0.15) is 5.75 Å². The van der Waals surface area contributed by atoms with Crippen molar-refractivity contribution in [2.45, 2.75) is 32.7 Å². The van der Waals surface area contributed by atoms with Gasteiger partial charge < -0.3 is 20.3 Å². The molecule has 0 saturated carbocycles. The van der Waals surface area contributed by atoms with Gasteiger partial charge in [-0.1, -0.05) is 25.1 Å². The molecule has 2 aromatic rings. The summed E-state index contributed by atoms with van der Waals surface area (Å²) in [6, 6.07) is 14.6. The average molecular weight is 367 g/mol. The molecule has 2 N–H and O–H groups in total. The normalized spacial score (nSPS) is 16.3. The maximum atomic E-state index is 12.4. The lowest BCUT2D eigenvalue weighted by Crippen LogP contribution is -2.39. The fraction of sp³-hybridized carbons (Fsp3) is 0.333. The number of ether oxygens (including phenoxy) is 1. The molecular formula is C21H25N3O3. The van der Waals surface area contributed by atoms with Crippen molar-refractivity contribution in [2.75, 3.05) is 23.4 Å². The number of rotatable bonds is 6. The molecule has 1 atom stereocenters. The van der Waals surface area contributed by atoms with Gasteiger partial charge in [-0.15, -0.1) is 0 Å². The lowest BCUT2D eigenvalue weighted by molar-refractivity contribution is -0.117. The number of hydrogen-bond donors (Lipinski definition) is 2. The van der Waals surface area contributed by atoms with Crippen molar-refractivity contribution in [3.8, 4) is 5.75 Å². The summed E-state index contributed by atoms with van der Waals surface area (Å²) in [6.45, 7) is 5.03. The molecule has 1 saturated heterocycles. The zero-order chi connectivity index (χ0) is 19.2. The van der Waals surface area contributed by atoms with E-state index in [0.717, 1.165) is 29.1 Å². The van der Waals surface area contributed by atoms with Crippen molar-refractivity contribution < 1.29 is 14.3 Å². The number of benzene rings is 2.